The molecule has 1 atom stereocenters. The molecule has 0 amide bonds. The third-order valence-corrected chi connectivity index (χ3v) is 4.85. The lowest BCUT2D eigenvalue weighted by Gasteiger charge is -2.08. The summed E-state index contributed by atoms with van der Waals surface area (Å²) in [5.74, 6) is 1.69. The Bertz CT molecular complexity index is 975. The van der Waals surface area contributed by atoms with Gasteiger partial charge in [-0.25, -0.2) is 0 Å². The van der Waals surface area contributed by atoms with Crippen LogP contribution in [0.1, 0.15) is 17.7 Å². The van der Waals surface area contributed by atoms with Crippen LogP contribution >= 0.6 is 11.8 Å². The highest BCUT2D eigenvalue weighted by Crippen LogP contribution is 2.38. The summed E-state index contributed by atoms with van der Waals surface area (Å²) in [7, 11) is 0. The molecule has 0 N–H and O–H groups in total. The molecule has 4 rings (SSSR count). The Kier molecular flexibility index (Phi) is 4.21. The Morgan fingerprint density at radius 3 is 2.85 bits per heavy atom. The van der Waals surface area contributed by atoms with Crippen molar-refractivity contribution in [1.29, 1.82) is 0 Å². The zero-order valence-electron chi connectivity index (χ0n) is 13.6. The van der Waals surface area contributed by atoms with Gasteiger partial charge in [0, 0.05) is 22.9 Å². The number of nitro groups is 1. The maximum atomic E-state index is 10.9. The number of rotatable bonds is 5. The first kappa shape index (κ1) is 16.4. The average Bonchev–Trinajstić information content (AvgIpc) is 3.30. The maximum Gasteiger partial charge on any atom is 0.277 e. The normalized spacial score (nSPS) is 13.6. The molecule has 0 bridgehead atoms. The van der Waals surface area contributed by atoms with Gasteiger partial charge in [-0.05, 0) is 30.7 Å². The van der Waals surface area contributed by atoms with Crippen molar-refractivity contribution in [2.45, 2.75) is 17.4 Å². The van der Waals surface area contributed by atoms with Gasteiger partial charge in [0.05, 0.1) is 4.92 Å². The van der Waals surface area contributed by atoms with Crippen molar-refractivity contribution in [3.8, 4) is 23.0 Å². The highest BCUT2D eigenvalue weighted by molar-refractivity contribution is 7.99. The Labute approximate surface area is 152 Å². The highest BCUT2D eigenvalue weighted by atomic mass is 32.2. The molecule has 3 aromatic rings. The van der Waals surface area contributed by atoms with Crippen molar-refractivity contribution in [2.75, 3.05) is 6.79 Å². The Balaban J connectivity index is 1.51. The van der Waals surface area contributed by atoms with Gasteiger partial charge < -0.3 is 13.9 Å². The van der Waals surface area contributed by atoms with Gasteiger partial charge in [0.2, 0.25) is 12.7 Å². The van der Waals surface area contributed by atoms with Gasteiger partial charge in [-0.15, -0.1) is 10.2 Å². The Hall–Kier alpha value is -3.07. The number of thioether (sulfide) groups is 1. The van der Waals surface area contributed by atoms with Gasteiger partial charge >= 0.3 is 0 Å². The predicted octanol–water partition coefficient (Wildman–Crippen LogP) is 4.23. The zero-order chi connectivity index (χ0) is 18.1. The fraction of sp³-hybridized carbons (Fsp3) is 0.176. The van der Waals surface area contributed by atoms with Crippen LogP contribution in [0.15, 0.2) is 52.1 Å². The van der Waals surface area contributed by atoms with Crippen molar-refractivity contribution in [1.82, 2.24) is 10.2 Å². The molecule has 1 aromatic heterocycles. The van der Waals surface area contributed by atoms with E-state index in [0.717, 1.165) is 11.1 Å². The standard InChI is InChI=1S/C17H13N3O5S/c1-10(11-3-2-4-13(7-11)20(21)22)26-17-19-18-16(25-17)12-5-6-14-15(8-12)24-9-23-14/h2-8,10H,9H2,1H3. The molecular formula is C17H13N3O5S. The molecule has 26 heavy (non-hydrogen) atoms. The quantitative estimate of drug-likeness (QED) is 0.373. The second kappa shape index (κ2) is 6.68. The lowest BCUT2D eigenvalue weighted by molar-refractivity contribution is -0.384. The number of benzene rings is 2. The molecule has 1 unspecified atom stereocenters. The van der Waals surface area contributed by atoms with Crippen molar-refractivity contribution < 1.29 is 18.8 Å². The second-order valence-electron chi connectivity index (χ2n) is 5.55. The van der Waals surface area contributed by atoms with E-state index in [9.17, 15) is 10.1 Å². The summed E-state index contributed by atoms with van der Waals surface area (Å²) in [4.78, 5) is 10.5. The smallest absolute Gasteiger partial charge is 0.277 e. The number of hydrogen-bond donors (Lipinski definition) is 0. The Morgan fingerprint density at radius 2 is 2.00 bits per heavy atom. The van der Waals surface area contributed by atoms with Crippen LogP contribution in [0.25, 0.3) is 11.5 Å². The van der Waals surface area contributed by atoms with Gasteiger partial charge in [-0.1, -0.05) is 23.9 Å². The number of ether oxygens (including phenoxy) is 2. The fourth-order valence-corrected chi connectivity index (χ4v) is 3.31. The number of nitro benzene ring substituents is 1. The molecule has 1 aliphatic heterocycles. The first-order valence-corrected chi connectivity index (χ1v) is 8.62. The van der Waals surface area contributed by atoms with Crippen LogP contribution in [0.5, 0.6) is 11.5 Å². The summed E-state index contributed by atoms with van der Waals surface area (Å²) in [5.41, 5.74) is 1.60. The first-order chi connectivity index (χ1) is 12.6. The molecule has 9 heteroatoms. The third kappa shape index (κ3) is 3.21. The van der Waals surface area contributed by atoms with Crippen molar-refractivity contribution >= 4 is 17.4 Å². The van der Waals surface area contributed by atoms with E-state index in [-0.39, 0.29) is 17.7 Å². The monoisotopic (exact) mass is 371 g/mol. The number of fused-ring (bicyclic) bond motifs is 1. The van der Waals surface area contributed by atoms with Gasteiger partial charge in [-0.2, -0.15) is 0 Å². The zero-order valence-corrected chi connectivity index (χ0v) is 14.4. The molecular weight excluding hydrogens is 358 g/mol. The van der Waals surface area contributed by atoms with Crippen molar-refractivity contribution in [3.05, 3.63) is 58.1 Å². The molecule has 0 saturated heterocycles. The van der Waals surface area contributed by atoms with E-state index in [0.29, 0.717) is 22.6 Å². The molecule has 0 spiro atoms. The molecule has 0 saturated carbocycles. The van der Waals surface area contributed by atoms with Gasteiger partial charge in [0.25, 0.3) is 10.9 Å². The molecule has 0 fully saturated rings. The van der Waals surface area contributed by atoms with Gasteiger partial charge in [0.1, 0.15) is 0 Å². The number of hydrogen-bond acceptors (Lipinski definition) is 8. The summed E-state index contributed by atoms with van der Waals surface area (Å²) < 4.78 is 16.3. The number of aromatic nitrogens is 2. The lowest BCUT2D eigenvalue weighted by Crippen LogP contribution is -1.92. The van der Waals surface area contributed by atoms with E-state index in [1.165, 1.54) is 17.8 Å². The average molecular weight is 371 g/mol. The minimum atomic E-state index is -0.411. The van der Waals surface area contributed by atoms with Crippen LogP contribution in [0, 0.1) is 10.1 Å². The molecule has 2 aromatic carbocycles. The first-order valence-electron chi connectivity index (χ1n) is 7.75. The van der Waals surface area contributed by atoms with E-state index in [1.807, 2.05) is 19.1 Å². The minimum absolute atomic E-state index is 0.0570. The number of nitrogens with zero attached hydrogens (tertiary/aromatic N) is 3. The number of non-ortho nitro benzene ring substituents is 1. The summed E-state index contributed by atoms with van der Waals surface area (Å²) in [6.45, 7) is 2.12. The summed E-state index contributed by atoms with van der Waals surface area (Å²) in [5, 5.41) is 19.3. The van der Waals surface area contributed by atoms with E-state index in [2.05, 4.69) is 10.2 Å². The third-order valence-electron chi connectivity index (χ3n) is 3.85. The second-order valence-corrected chi connectivity index (χ2v) is 6.85. The molecule has 1 aliphatic rings. The van der Waals surface area contributed by atoms with E-state index < -0.39 is 4.92 Å². The van der Waals surface area contributed by atoms with Gasteiger partial charge in [0.15, 0.2) is 11.5 Å². The van der Waals surface area contributed by atoms with Crippen LogP contribution in [0.4, 0.5) is 5.69 Å². The van der Waals surface area contributed by atoms with Crippen LogP contribution in [0.2, 0.25) is 0 Å². The van der Waals surface area contributed by atoms with Crippen LogP contribution in [0.3, 0.4) is 0 Å². The van der Waals surface area contributed by atoms with E-state index in [4.69, 9.17) is 13.9 Å². The Morgan fingerprint density at radius 1 is 1.15 bits per heavy atom. The van der Waals surface area contributed by atoms with Crippen LogP contribution in [-0.4, -0.2) is 21.9 Å². The fourth-order valence-electron chi connectivity index (χ4n) is 2.51. The summed E-state index contributed by atoms with van der Waals surface area (Å²) >= 11 is 1.34. The highest BCUT2D eigenvalue weighted by Gasteiger charge is 2.19. The molecule has 0 radical (unpaired) electrons. The summed E-state index contributed by atoms with van der Waals surface area (Å²) in [6, 6.07) is 11.9. The SMILES string of the molecule is CC(Sc1nnc(-c2ccc3c(c2)OCO3)o1)c1cccc([N+](=O)[O-])c1. The molecule has 132 valence electrons. The van der Waals surface area contributed by atoms with E-state index in [1.54, 1.807) is 24.3 Å². The minimum Gasteiger partial charge on any atom is -0.454 e. The van der Waals surface area contributed by atoms with E-state index >= 15 is 0 Å². The van der Waals surface area contributed by atoms with Crippen LogP contribution in [-0.2, 0) is 0 Å². The van der Waals surface area contributed by atoms with Crippen molar-refractivity contribution in [2.24, 2.45) is 0 Å². The maximum absolute atomic E-state index is 10.9. The molecule has 8 nitrogen and oxygen atoms in total. The largest absolute Gasteiger partial charge is 0.454 e. The molecule has 2 heterocycles. The lowest BCUT2D eigenvalue weighted by atomic mass is 10.1. The molecule has 0 aliphatic carbocycles. The van der Waals surface area contributed by atoms with Crippen LogP contribution < -0.4 is 9.47 Å². The summed E-state index contributed by atoms with van der Waals surface area (Å²) in [6.07, 6.45) is 0. The van der Waals surface area contributed by atoms with Gasteiger partial charge in [-0.3, -0.25) is 10.1 Å². The van der Waals surface area contributed by atoms with Crippen molar-refractivity contribution in [3.63, 3.8) is 0 Å². The topological polar surface area (TPSA) is 101 Å². The predicted molar refractivity (Wildman–Crippen MR) is 93.2 cm³/mol.